The molecule has 0 bridgehead atoms. The van der Waals surface area contributed by atoms with Gasteiger partial charge in [-0.05, 0) is 44.2 Å². The summed E-state index contributed by atoms with van der Waals surface area (Å²) in [4.78, 5) is 25.2. The number of primary amides is 1. The third-order valence-electron chi connectivity index (χ3n) is 4.35. The average molecular weight is 333 g/mol. The summed E-state index contributed by atoms with van der Waals surface area (Å²) in [5.74, 6) is 0.991. The van der Waals surface area contributed by atoms with Gasteiger partial charge in [0.25, 0.3) is 0 Å². The second-order valence-corrected chi connectivity index (χ2v) is 6.20. The number of urea groups is 1. The minimum Gasteiger partial charge on any atom is -0.493 e. The van der Waals surface area contributed by atoms with E-state index in [0.717, 1.165) is 37.1 Å². The van der Waals surface area contributed by atoms with E-state index in [1.165, 1.54) is 0 Å². The molecule has 1 heterocycles. The number of likely N-dealkylation sites (tertiary alicyclic amines) is 1. The number of rotatable bonds is 7. The number of nitrogens with two attached hydrogens (primary N) is 1. The van der Waals surface area contributed by atoms with Crippen molar-refractivity contribution in [1.29, 1.82) is 0 Å². The maximum atomic E-state index is 12.5. The van der Waals surface area contributed by atoms with Crippen LogP contribution in [0.25, 0.3) is 0 Å². The Bertz CT molecular complexity index is 562. The average Bonchev–Trinajstić information content (AvgIpc) is 2.58. The molecule has 3 amide bonds. The molecule has 1 aromatic rings. The highest BCUT2D eigenvalue weighted by molar-refractivity contribution is 5.77. The zero-order chi connectivity index (χ0) is 17.4. The van der Waals surface area contributed by atoms with Gasteiger partial charge in [0.2, 0.25) is 5.91 Å². The molecule has 1 aliphatic rings. The smallest absolute Gasteiger partial charge is 0.312 e. The summed E-state index contributed by atoms with van der Waals surface area (Å²) in [7, 11) is 0. The number of benzene rings is 1. The predicted octanol–water partition coefficient (Wildman–Crippen LogP) is 2.20. The second-order valence-electron chi connectivity index (χ2n) is 6.20. The molecule has 2 rings (SSSR count). The highest BCUT2D eigenvalue weighted by atomic mass is 16.5. The molecule has 0 radical (unpaired) electrons. The number of aryl methyl sites for hydroxylation is 1. The Morgan fingerprint density at radius 1 is 1.33 bits per heavy atom. The molecule has 0 saturated carbocycles. The van der Waals surface area contributed by atoms with Gasteiger partial charge < -0.3 is 20.7 Å². The molecule has 0 spiro atoms. The molecule has 0 aliphatic carbocycles. The van der Waals surface area contributed by atoms with Crippen LogP contribution in [0.15, 0.2) is 24.3 Å². The topological polar surface area (TPSA) is 84.7 Å². The second kappa shape index (κ2) is 9.15. The first-order valence-corrected chi connectivity index (χ1v) is 8.59. The van der Waals surface area contributed by atoms with E-state index < -0.39 is 6.03 Å². The van der Waals surface area contributed by atoms with E-state index >= 15 is 0 Å². The van der Waals surface area contributed by atoms with Crippen molar-refractivity contribution in [2.75, 3.05) is 19.7 Å². The van der Waals surface area contributed by atoms with Gasteiger partial charge in [0.05, 0.1) is 6.61 Å². The summed E-state index contributed by atoms with van der Waals surface area (Å²) in [6.45, 7) is 3.71. The van der Waals surface area contributed by atoms with Crippen LogP contribution in [0, 0.1) is 6.92 Å². The monoisotopic (exact) mass is 333 g/mol. The molecule has 1 fully saturated rings. The van der Waals surface area contributed by atoms with Crippen molar-refractivity contribution in [2.24, 2.45) is 5.73 Å². The van der Waals surface area contributed by atoms with Gasteiger partial charge in [-0.25, -0.2) is 4.79 Å². The number of nitrogens with zero attached hydrogens (tertiary/aromatic N) is 1. The van der Waals surface area contributed by atoms with Gasteiger partial charge in [-0.15, -0.1) is 0 Å². The number of ether oxygens (including phenoxy) is 1. The minimum atomic E-state index is -0.542. The van der Waals surface area contributed by atoms with E-state index in [0.29, 0.717) is 26.0 Å². The molecular weight excluding hydrogens is 306 g/mol. The highest BCUT2D eigenvalue weighted by Gasteiger charge is 2.26. The van der Waals surface area contributed by atoms with Crippen molar-refractivity contribution in [3.8, 4) is 5.75 Å². The molecule has 1 aromatic carbocycles. The van der Waals surface area contributed by atoms with E-state index in [1.807, 2.05) is 36.1 Å². The van der Waals surface area contributed by atoms with Crippen molar-refractivity contribution in [3.63, 3.8) is 0 Å². The Morgan fingerprint density at radius 2 is 2.12 bits per heavy atom. The van der Waals surface area contributed by atoms with Gasteiger partial charge in [-0.1, -0.05) is 18.2 Å². The molecule has 1 aliphatic heterocycles. The van der Waals surface area contributed by atoms with Gasteiger partial charge in [0.1, 0.15) is 5.75 Å². The predicted molar refractivity (Wildman–Crippen MR) is 92.8 cm³/mol. The number of hydrogen-bond acceptors (Lipinski definition) is 3. The lowest BCUT2D eigenvalue weighted by Crippen LogP contribution is -2.50. The Labute approximate surface area is 143 Å². The maximum Gasteiger partial charge on any atom is 0.312 e. The summed E-state index contributed by atoms with van der Waals surface area (Å²) >= 11 is 0. The van der Waals surface area contributed by atoms with E-state index in [-0.39, 0.29) is 11.9 Å². The van der Waals surface area contributed by atoms with Gasteiger partial charge >= 0.3 is 6.03 Å². The molecule has 3 N–H and O–H groups in total. The number of hydrogen-bond donors (Lipinski definition) is 2. The highest BCUT2D eigenvalue weighted by Crippen LogP contribution is 2.19. The first-order valence-electron chi connectivity index (χ1n) is 8.59. The fourth-order valence-corrected chi connectivity index (χ4v) is 3.03. The van der Waals surface area contributed by atoms with Gasteiger partial charge in [-0.3, -0.25) is 4.79 Å². The van der Waals surface area contributed by atoms with E-state index in [9.17, 15) is 9.59 Å². The lowest BCUT2D eigenvalue weighted by Gasteiger charge is -2.36. The standard InChI is InChI=1S/C18H27N3O3/c1-14-7-2-3-9-16(14)24-12-6-10-17(22)21-11-5-4-8-15(21)13-20-18(19)23/h2-3,7,9,15H,4-6,8,10-13H2,1H3,(H3,19,20,23). The summed E-state index contributed by atoms with van der Waals surface area (Å²) in [5.41, 5.74) is 6.22. The molecular formula is C18H27N3O3. The zero-order valence-electron chi connectivity index (χ0n) is 14.3. The number of carbonyl (C=O) groups excluding carboxylic acids is 2. The van der Waals surface area contributed by atoms with E-state index in [4.69, 9.17) is 10.5 Å². The molecule has 1 atom stereocenters. The molecule has 1 unspecified atom stereocenters. The largest absolute Gasteiger partial charge is 0.493 e. The zero-order valence-corrected chi connectivity index (χ0v) is 14.3. The van der Waals surface area contributed by atoms with Crippen LogP contribution in [0.3, 0.4) is 0 Å². The minimum absolute atomic E-state index is 0.0519. The quantitative estimate of drug-likeness (QED) is 0.750. The van der Waals surface area contributed by atoms with Crippen molar-refractivity contribution in [3.05, 3.63) is 29.8 Å². The molecule has 6 heteroatoms. The SMILES string of the molecule is Cc1ccccc1OCCCC(=O)N1CCCCC1CNC(N)=O. The normalized spacial score (nSPS) is 17.4. The number of carbonyl (C=O) groups is 2. The fourth-order valence-electron chi connectivity index (χ4n) is 3.03. The van der Waals surface area contributed by atoms with E-state index in [1.54, 1.807) is 0 Å². The van der Waals surface area contributed by atoms with Gasteiger partial charge in [0, 0.05) is 25.6 Å². The third kappa shape index (κ3) is 5.44. The van der Waals surface area contributed by atoms with E-state index in [2.05, 4.69) is 5.32 Å². The van der Waals surface area contributed by atoms with Crippen LogP contribution in [-0.2, 0) is 4.79 Å². The lowest BCUT2D eigenvalue weighted by molar-refractivity contribution is -0.135. The Hall–Kier alpha value is -2.24. The van der Waals surface area contributed by atoms with Crippen LogP contribution in [-0.4, -0.2) is 42.6 Å². The summed E-state index contributed by atoms with van der Waals surface area (Å²) < 4.78 is 5.74. The van der Waals surface area contributed by atoms with Crippen molar-refractivity contribution < 1.29 is 14.3 Å². The lowest BCUT2D eigenvalue weighted by atomic mass is 10.0. The Morgan fingerprint density at radius 3 is 2.88 bits per heavy atom. The van der Waals surface area contributed by atoms with Crippen LogP contribution in [0.5, 0.6) is 5.75 Å². The molecule has 24 heavy (non-hydrogen) atoms. The van der Waals surface area contributed by atoms with Crippen LogP contribution in [0.2, 0.25) is 0 Å². The summed E-state index contributed by atoms with van der Waals surface area (Å²) in [6.07, 6.45) is 4.13. The number of amides is 3. The van der Waals surface area contributed by atoms with Crippen LogP contribution < -0.4 is 15.8 Å². The third-order valence-corrected chi connectivity index (χ3v) is 4.35. The van der Waals surface area contributed by atoms with Gasteiger partial charge in [-0.2, -0.15) is 0 Å². The molecule has 0 aromatic heterocycles. The van der Waals surface area contributed by atoms with Crippen LogP contribution >= 0.6 is 0 Å². The fraction of sp³-hybridized carbons (Fsp3) is 0.556. The summed E-state index contributed by atoms with van der Waals surface area (Å²) in [6, 6.07) is 7.37. The van der Waals surface area contributed by atoms with Crippen molar-refractivity contribution >= 4 is 11.9 Å². The van der Waals surface area contributed by atoms with Crippen molar-refractivity contribution in [1.82, 2.24) is 10.2 Å². The Balaban J connectivity index is 1.75. The first-order chi connectivity index (χ1) is 11.6. The number of nitrogens with one attached hydrogen (secondary N) is 1. The van der Waals surface area contributed by atoms with Crippen molar-refractivity contribution in [2.45, 2.75) is 45.1 Å². The van der Waals surface area contributed by atoms with Crippen LogP contribution in [0.1, 0.15) is 37.7 Å². The summed E-state index contributed by atoms with van der Waals surface area (Å²) in [5, 5.41) is 2.62. The molecule has 132 valence electrons. The maximum absolute atomic E-state index is 12.5. The molecule has 1 saturated heterocycles. The Kier molecular flexibility index (Phi) is 6.90. The van der Waals surface area contributed by atoms with Gasteiger partial charge in [0.15, 0.2) is 0 Å². The number of piperidine rings is 1. The van der Waals surface area contributed by atoms with Crippen LogP contribution in [0.4, 0.5) is 4.79 Å². The molecule has 6 nitrogen and oxygen atoms in total. The number of para-hydroxylation sites is 1. The first kappa shape index (κ1) is 18.1.